The number of hydrogen-bond acceptors (Lipinski definition) is 5. The molecule has 0 aliphatic rings. The van der Waals surface area contributed by atoms with Crippen molar-refractivity contribution in [3.8, 4) is 5.75 Å². The van der Waals surface area contributed by atoms with Crippen LogP contribution in [0.5, 0.6) is 5.75 Å². The molecule has 0 aromatic heterocycles. The number of benzene rings is 2. The number of carbonyl (C=O) groups is 2. The monoisotopic (exact) mass is 359 g/mol. The van der Waals surface area contributed by atoms with E-state index in [1.807, 2.05) is 32.0 Å². The van der Waals surface area contributed by atoms with Gasteiger partial charge in [-0.3, -0.25) is 9.59 Å². The first kappa shape index (κ1) is 18.9. The van der Waals surface area contributed by atoms with Crippen LogP contribution < -0.4 is 10.1 Å². The summed E-state index contributed by atoms with van der Waals surface area (Å²) in [4.78, 5) is 24.8. The molecule has 0 atom stereocenters. The summed E-state index contributed by atoms with van der Waals surface area (Å²) in [6.07, 6.45) is 0. The molecule has 0 bridgehead atoms. The molecule has 0 aliphatic carbocycles. The van der Waals surface area contributed by atoms with Gasteiger partial charge in [-0.25, -0.2) is 0 Å². The van der Waals surface area contributed by atoms with Crippen LogP contribution in [0, 0.1) is 13.8 Å². The average Bonchev–Trinajstić information content (AvgIpc) is 2.61. The average molecular weight is 359 g/mol. The van der Waals surface area contributed by atoms with Crippen LogP contribution in [0.1, 0.15) is 11.1 Å². The Bertz CT molecular complexity index is 761. The van der Waals surface area contributed by atoms with Gasteiger partial charge in [-0.05, 0) is 37.6 Å². The second-order valence-corrected chi connectivity index (χ2v) is 6.48. The van der Waals surface area contributed by atoms with Crippen LogP contribution in [0.3, 0.4) is 0 Å². The fourth-order valence-electron chi connectivity index (χ4n) is 2.12. The quantitative estimate of drug-likeness (QED) is 0.605. The number of nitrogens with one attached hydrogen (secondary N) is 1. The van der Waals surface area contributed by atoms with Crippen molar-refractivity contribution in [2.24, 2.45) is 0 Å². The number of carbonyl (C=O) groups excluding carboxylic acids is 2. The molecule has 0 heterocycles. The summed E-state index contributed by atoms with van der Waals surface area (Å²) >= 11 is 1.40. The predicted molar refractivity (Wildman–Crippen MR) is 99.2 cm³/mol. The molecule has 0 spiro atoms. The number of rotatable bonds is 7. The predicted octanol–water partition coefficient (Wildman–Crippen LogP) is 3.59. The van der Waals surface area contributed by atoms with Gasteiger partial charge in [0.05, 0.1) is 18.6 Å². The molecule has 5 nitrogen and oxygen atoms in total. The van der Waals surface area contributed by atoms with E-state index in [4.69, 9.17) is 9.47 Å². The van der Waals surface area contributed by atoms with Crippen LogP contribution in [0.15, 0.2) is 47.4 Å². The Balaban J connectivity index is 1.79. The normalized spacial score (nSPS) is 10.2. The van der Waals surface area contributed by atoms with Crippen LogP contribution in [0.2, 0.25) is 0 Å². The van der Waals surface area contributed by atoms with Crippen molar-refractivity contribution in [3.63, 3.8) is 0 Å². The Morgan fingerprint density at radius 3 is 2.64 bits per heavy atom. The number of hydrogen-bond donors (Lipinski definition) is 1. The first-order valence-electron chi connectivity index (χ1n) is 7.78. The van der Waals surface area contributed by atoms with Crippen molar-refractivity contribution in [3.05, 3.63) is 53.6 Å². The van der Waals surface area contributed by atoms with E-state index >= 15 is 0 Å². The van der Waals surface area contributed by atoms with Crippen molar-refractivity contribution in [1.29, 1.82) is 0 Å². The Kier molecular flexibility index (Phi) is 6.89. The maximum Gasteiger partial charge on any atom is 0.316 e. The number of aryl methyl sites for hydroxylation is 2. The summed E-state index contributed by atoms with van der Waals surface area (Å²) in [5, 5.41) is 2.66. The van der Waals surface area contributed by atoms with E-state index in [9.17, 15) is 9.59 Å². The number of esters is 1. The van der Waals surface area contributed by atoms with Crippen LogP contribution in [-0.2, 0) is 14.3 Å². The van der Waals surface area contributed by atoms with Gasteiger partial charge in [0, 0.05) is 4.90 Å². The lowest BCUT2D eigenvalue weighted by atomic mass is 10.2. The smallest absolute Gasteiger partial charge is 0.316 e. The SMILES string of the molecule is COc1ccccc1NC(=O)COC(=O)CSc1cc(C)ccc1C. The molecule has 6 heteroatoms. The summed E-state index contributed by atoms with van der Waals surface area (Å²) in [6, 6.07) is 13.1. The maximum absolute atomic E-state index is 11.9. The Labute approximate surface area is 151 Å². The van der Waals surface area contributed by atoms with Crippen molar-refractivity contribution < 1.29 is 19.1 Å². The lowest BCUT2D eigenvalue weighted by Gasteiger charge is -2.10. The highest BCUT2D eigenvalue weighted by Gasteiger charge is 2.11. The molecule has 0 saturated heterocycles. The van der Waals surface area contributed by atoms with Crippen LogP contribution in [-0.4, -0.2) is 31.3 Å². The number of para-hydroxylation sites is 2. The van der Waals surface area contributed by atoms with Crippen molar-refractivity contribution >= 4 is 29.3 Å². The first-order chi connectivity index (χ1) is 12.0. The molecule has 1 amide bonds. The standard InChI is InChI=1S/C19H21NO4S/c1-13-8-9-14(2)17(10-13)25-12-19(22)24-11-18(21)20-15-6-4-5-7-16(15)23-3/h4-10H,11-12H2,1-3H3,(H,20,21). The zero-order chi connectivity index (χ0) is 18.2. The van der Waals surface area contributed by atoms with Gasteiger partial charge in [0.2, 0.25) is 0 Å². The fourth-order valence-corrected chi connectivity index (χ4v) is 3.04. The third kappa shape index (κ3) is 5.83. The van der Waals surface area contributed by atoms with Crippen LogP contribution in [0.25, 0.3) is 0 Å². The molecule has 2 rings (SSSR count). The molecule has 0 fully saturated rings. The van der Waals surface area contributed by atoms with Gasteiger partial charge in [-0.1, -0.05) is 29.8 Å². The topological polar surface area (TPSA) is 64.6 Å². The molecule has 1 N–H and O–H groups in total. The van der Waals surface area contributed by atoms with E-state index in [1.165, 1.54) is 18.9 Å². The Hall–Kier alpha value is -2.47. The Morgan fingerprint density at radius 2 is 1.88 bits per heavy atom. The molecule has 2 aromatic rings. The van der Waals surface area contributed by atoms with E-state index in [1.54, 1.807) is 24.3 Å². The summed E-state index contributed by atoms with van der Waals surface area (Å²) in [6.45, 7) is 3.67. The highest BCUT2D eigenvalue weighted by Crippen LogP contribution is 2.24. The molecule has 0 unspecified atom stereocenters. The van der Waals surface area contributed by atoms with E-state index in [0.717, 1.165) is 16.0 Å². The van der Waals surface area contributed by atoms with Crippen molar-refractivity contribution in [1.82, 2.24) is 0 Å². The summed E-state index contributed by atoms with van der Waals surface area (Å²) in [5.74, 6) is -0.130. The lowest BCUT2D eigenvalue weighted by Crippen LogP contribution is -2.21. The van der Waals surface area contributed by atoms with Gasteiger partial charge in [0.15, 0.2) is 6.61 Å². The van der Waals surface area contributed by atoms with E-state index in [0.29, 0.717) is 11.4 Å². The molecule has 25 heavy (non-hydrogen) atoms. The van der Waals surface area contributed by atoms with Crippen LogP contribution in [0.4, 0.5) is 5.69 Å². The maximum atomic E-state index is 11.9. The van der Waals surface area contributed by atoms with Gasteiger partial charge in [-0.2, -0.15) is 0 Å². The molecular formula is C19H21NO4S. The Morgan fingerprint density at radius 1 is 1.12 bits per heavy atom. The molecule has 0 aliphatic heterocycles. The first-order valence-corrected chi connectivity index (χ1v) is 8.76. The third-order valence-corrected chi connectivity index (χ3v) is 4.57. The zero-order valence-corrected chi connectivity index (χ0v) is 15.3. The van der Waals surface area contributed by atoms with Crippen molar-refractivity contribution in [2.75, 3.05) is 24.8 Å². The van der Waals surface area contributed by atoms with Gasteiger partial charge < -0.3 is 14.8 Å². The van der Waals surface area contributed by atoms with Gasteiger partial charge in [0.1, 0.15) is 5.75 Å². The number of methoxy groups -OCH3 is 1. The minimum absolute atomic E-state index is 0.159. The zero-order valence-electron chi connectivity index (χ0n) is 14.5. The summed E-state index contributed by atoms with van der Waals surface area (Å²) < 4.78 is 10.2. The third-order valence-electron chi connectivity index (χ3n) is 3.43. The van der Waals surface area contributed by atoms with Gasteiger partial charge >= 0.3 is 5.97 Å². The number of amides is 1. The highest BCUT2D eigenvalue weighted by molar-refractivity contribution is 8.00. The largest absolute Gasteiger partial charge is 0.495 e. The van der Waals surface area contributed by atoms with E-state index in [-0.39, 0.29) is 12.4 Å². The molecule has 2 aromatic carbocycles. The molecule has 0 saturated carbocycles. The van der Waals surface area contributed by atoms with Crippen LogP contribution >= 0.6 is 11.8 Å². The minimum Gasteiger partial charge on any atom is -0.495 e. The molecular weight excluding hydrogens is 338 g/mol. The minimum atomic E-state index is -0.430. The lowest BCUT2D eigenvalue weighted by molar-refractivity contribution is -0.144. The molecule has 132 valence electrons. The van der Waals surface area contributed by atoms with Gasteiger partial charge in [-0.15, -0.1) is 11.8 Å². The number of ether oxygens (including phenoxy) is 2. The highest BCUT2D eigenvalue weighted by atomic mass is 32.2. The number of anilines is 1. The van der Waals surface area contributed by atoms with E-state index < -0.39 is 11.9 Å². The van der Waals surface area contributed by atoms with Crippen molar-refractivity contribution in [2.45, 2.75) is 18.7 Å². The number of thioether (sulfide) groups is 1. The van der Waals surface area contributed by atoms with E-state index in [2.05, 4.69) is 5.32 Å². The second-order valence-electron chi connectivity index (χ2n) is 5.47. The fraction of sp³-hybridized carbons (Fsp3) is 0.263. The summed E-state index contributed by atoms with van der Waals surface area (Å²) in [5.41, 5.74) is 2.78. The second kappa shape index (κ2) is 9.13. The molecule has 0 radical (unpaired) electrons. The van der Waals surface area contributed by atoms with Gasteiger partial charge in [0.25, 0.3) is 5.91 Å². The summed E-state index contributed by atoms with van der Waals surface area (Å²) in [7, 11) is 1.52.